The molecule has 1 heterocycles. The third kappa shape index (κ3) is 4.94. The first-order valence-electron chi connectivity index (χ1n) is 8.97. The van der Waals surface area contributed by atoms with Crippen LogP contribution in [0.5, 0.6) is 0 Å². The highest BCUT2D eigenvalue weighted by atomic mass is 16.2. The minimum Gasteiger partial charge on any atom is -0.343 e. The maximum Gasteiger partial charge on any atom is 0.258 e. The molecule has 1 aromatic heterocycles. The molecule has 0 atom stereocenters. The van der Waals surface area contributed by atoms with Crippen molar-refractivity contribution < 1.29 is 9.59 Å². The summed E-state index contributed by atoms with van der Waals surface area (Å²) in [6.07, 6.45) is 3.68. The highest BCUT2D eigenvalue weighted by molar-refractivity contribution is 6.03. The van der Waals surface area contributed by atoms with Crippen LogP contribution >= 0.6 is 0 Å². The summed E-state index contributed by atoms with van der Waals surface area (Å²) < 4.78 is 1.77. The quantitative estimate of drug-likeness (QED) is 0.863. The maximum absolute atomic E-state index is 12.4. The van der Waals surface area contributed by atoms with E-state index >= 15 is 0 Å². The van der Waals surface area contributed by atoms with Crippen LogP contribution in [-0.4, -0.2) is 39.6 Å². The normalized spacial score (nSPS) is 11.3. The molecule has 2 amide bonds. The van der Waals surface area contributed by atoms with Gasteiger partial charge >= 0.3 is 0 Å². The molecule has 140 valence electrons. The Kier molecular flexibility index (Phi) is 6.18. The first-order valence-corrected chi connectivity index (χ1v) is 8.97. The van der Waals surface area contributed by atoms with Gasteiger partial charge in [0.15, 0.2) is 0 Å². The van der Waals surface area contributed by atoms with Gasteiger partial charge in [0.05, 0.1) is 23.7 Å². The fourth-order valence-electron chi connectivity index (χ4n) is 2.58. The Balaban J connectivity index is 1.99. The largest absolute Gasteiger partial charge is 0.343 e. The van der Waals surface area contributed by atoms with Crippen molar-refractivity contribution in [2.24, 2.45) is 0 Å². The lowest BCUT2D eigenvalue weighted by Gasteiger charge is -2.18. The van der Waals surface area contributed by atoms with Crippen molar-refractivity contribution in [2.75, 3.05) is 18.4 Å². The number of carbonyl (C=O) groups excluding carboxylic acids is 2. The molecule has 0 radical (unpaired) electrons. The molecule has 0 saturated carbocycles. The molecule has 1 aromatic carbocycles. The summed E-state index contributed by atoms with van der Waals surface area (Å²) in [5.74, 6) is -0.0890. The molecule has 0 unspecified atom stereocenters. The number of benzene rings is 1. The van der Waals surface area contributed by atoms with Crippen molar-refractivity contribution in [1.82, 2.24) is 14.7 Å². The van der Waals surface area contributed by atoms with E-state index in [0.29, 0.717) is 30.8 Å². The van der Waals surface area contributed by atoms with Crippen LogP contribution in [-0.2, 0) is 16.8 Å². The summed E-state index contributed by atoms with van der Waals surface area (Å²) in [5.41, 5.74) is 1.97. The third-order valence-electron chi connectivity index (χ3n) is 4.22. The zero-order chi connectivity index (χ0) is 19.3. The van der Waals surface area contributed by atoms with Crippen molar-refractivity contribution in [3.8, 4) is 0 Å². The van der Waals surface area contributed by atoms with E-state index in [2.05, 4.69) is 10.4 Å². The van der Waals surface area contributed by atoms with Gasteiger partial charge in [0.2, 0.25) is 5.91 Å². The fourth-order valence-corrected chi connectivity index (χ4v) is 2.58. The Morgan fingerprint density at radius 1 is 1.12 bits per heavy atom. The Labute approximate surface area is 155 Å². The van der Waals surface area contributed by atoms with Gasteiger partial charge in [0, 0.05) is 25.0 Å². The number of nitrogens with zero attached hydrogens (tertiary/aromatic N) is 3. The van der Waals surface area contributed by atoms with E-state index in [0.717, 1.165) is 5.56 Å². The molecule has 1 N–H and O–H groups in total. The third-order valence-corrected chi connectivity index (χ3v) is 4.22. The van der Waals surface area contributed by atoms with Crippen LogP contribution < -0.4 is 5.32 Å². The molecule has 0 fully saturated rings. The van der Waals surface area contributed by atoms with E-state index in [4.69, 9.17) is 0 Å². The Bertz CT molecular complexity index is 753. The minimum atomic E-state index is -0.201. The second-order valence-corrected chi connectivity index (χ2v) is 7.24. The van der Waals surface area contributed by atoms with Gasteiger partial charge in [-0.2, -0.15) is 5.10 Å². The number of nitrogens with one attached hydrogen (secondary N) is 1. The average molecular weight is 356 g/mol. The van der Waals surface area contributed by atoms with Crippen LogP contribution in [0.2, 0.25) is 0 Å². The number of aromatic nitrogens is 2. The molecule has 0 aliphatic heterocycles. The summed E-state index contributed by atoms with van der Waals surface area (Å²) in [6.45, 7) is 11.5. The Morgan fingerprint density at radius 2 is 1.73 bits per heavy atom. The highest BCUT2D eigenvalue weighted by Crippen LogP contribution is 2.15. The van der Waals surface area contributed by atoms with Crippen molar-refractivity contribution in [3.63, 3.8) is 0 Å². The molecule has 6 nitrogen and oxygen atoms in total. The number of hydrogen-bond acceptors (Lipinski definition) is 3. The van der Waals surface area contributed by atoms with Gasteiger partial charge in [0.1, 0.15) is 0 Å². The second-order valence-electron chi connectivity index (χ2n) is 7.24. The molecule has 0 saturated heterocycles. The van der Waals surface area contributed by atoms with Crippen molar-refractivity contribution >= 4 is 17.5 Å². The lowest BCUT2D eigenvalue weighted by molar-refractivity contribution is -0.130. The molecule has 0 aliphatic carbocycles. The SMILES string of the molecule is CCN(CC)C(=O)Cc1ccc(NC(=O)c2cnn(C(C)(C)C)c2)cc1. The van der Waals surface area contributed by atoms with E-state index in [1.165, 1.54) is 0 Å². The number of hydrogen-bond donors (Lipinski definition) is 1. The first-order chi connectivity index (χ1) is 12.2. The van der Waals surface area contributed by atoms with E-state index < -0.39 is 0 Å². The van der Waals surface area contributed by atoms with Crippen LogP contribution in [0.25, 0.3) is 0 Å². The van der Waals surface area contributed by atoms with Gasteiger partial charge < -0.3 is 10.2 Å². The molecule has 2 aromatic rings. The van der Waals surface area contributed by atoms with E-state index in [-0.39, 0.29) is 17.4 Å². The number of rotatable bonds is 6. The maximum atomic E-state index is 12.4. The van der Waals surface area contributed by atoms with Crippen LogP contribution in [0.1, 0.15) is 50.5 Å². The van der Waals surface area contributed by atoms with E-state index in [9.17, 15) is 9.59 Å². The number of likely N-dealkylation sites (N-methyl/N-ethyl adjacent to an activating group) is 1. The lowest BCUT2D eigenvalue weighted by atomic mass is 10.1. The number of carbonyl (C=O) groups is 2. The summed E-state index contributed by atoms with van der Waals surface area (Å²) >= 11 is 0. The zero-order valence-electron chi connectivity index (χ0n) is 16.2. The topological polar surface area (TPSA) is 67.2 Å². The Hall–Kier alpha value is -2.63. The van der Waals surface area contributed by atoms with Crippen molar-refractivity contribution in [2.45, 2.75) is 46.6 Å². The van der Waals surface area contributed by atoms with Gasteiger partial charge in [-0.25, -0.2) is 0 Å². The molecular weight excluding hydrogens is 328 g/mol. The molecular formula is C20H28N4O2. The molecule has 0 spiro atoms. The van der Waals surface area contributed by atoms with Gasteiger partial charge in [0.25, 0.3) is 5.91 Å². The minimum absolute atomic E-state index is 0.112. The predicted octanol–water partition coefficient (Wildman–Crippen LogP) is 3.30. The van der Waals surface area contributed by atoms with E-state index in [1.807, 2.05) is 63.8 Å². The fraction of sp³-hybridized carbons (Fsp3) is 0.450. The highest BCUT2D eigenvalue weighted by Gasteiger charge is 2.17. The van der Waals surface area contributed by atoms with Gasteiger partial charge in [-0.15, -0.1) is 0 Å². The second kappa shape index (κ2) is 8.17. The molecule has 6 heteroatoms. The van der Waals surface area contributed by atoms with Crippen LogP contribution in [0.4, 0.5) is 5.69 Å². The standard InChI is InChI=1S/C20H28N4O2/c1-6-23(7-2)18(25)12-15-8-10-17(11-9-15)22-19(26)16-13-21-24(14-16)20(3,4)5/h8-11,13-14H,6-7,12H2,1-5H3,(H,22,26). The summed E-state index contributed by atoms with van der Waals surface area (Å²) in [7, 11) is 0. The Morgan fingerprint density at radius 3 is 2.23 bits per heavy atom. The van der Waals surface area contributed by atoms with Crippen LogP contribution in [0.3, 0.4) is 0 Å². The van der Waals surface area contributed by atoms with Gasteiger partial charge in [-0.05, 0) is 52.3 Å². The van der Waals surface area contributed by atoms with Gasteiger partial charge in [-0.1, -0.05) is 12.1 Å². The first kappa shape index (κ1) is 19.7. The van der Waals surface area contributed by atoms with Crippen molar-refractivity contribution in [1.29, 1.82) is 0 Å². The summed E-state index contributed by atoms with van der Waals surface area (Å²) in [4.78, 5) is 26.3. The smallest absolute Gasteiger partial charge is 0.258 e. The predicted molar refractivity (Wildman–Crippen MR) is 103 cm³/mol. The zero-order valence-corrected chi connectivity index (χ0v) is 16.2. The lowest BCUT2D eigenvalue weighted by Crippen LogP contribution is -2.31. The molecule has 26 heavy (non-hydrogen) atoms. The summed E-state index contributed by atoms with van der Waals surface area (Å²) in [5, 5.41) is 7.10. The van der Waals surface area contributed by atoms with Crippen LogP contribution in [0.15, 0.2) is 36.7 Å². The summed E-state index contributed by atoms with van der Waals surface area (Å²) in [6, 6.07) is 7.37. The molecule has 0 bridgehead atoms. The van der Waals surface area contributed by atoms with Crippen LogP contribution in [0, 0.1) is 0 Å². The molecule has 2 rings (SSSR count). The van der Waals surface area contributed by atoms with Crippen molar-refractivity contribution in [3.05, 3.63) is 47.8 Å². The number of anilines is 1. The number of amides is 2. The van der Waals surface area contributed by atoms with E-state index in [1.54, 1.807) is 17.1 Å². The van der Waals surface area contributed by atoms with Gasteiger partial charge in [-0.3, -0.25) is 14.3 Å². The molecule has 0 aliphatic rings. The average Bonchev–Trinajstić information content (AvgIpc) is 3.08. The monoisotopic (exact) mass is 356 g/mol.